The molecular formula is C10H13NO5S. The molecule has 0 saturated heterocycles. The lowest BCUT2D eigenvalue weighted by molar-refractivity contribution is 0.0692. The molecule has 0 heterocycles. The minimum absolute atomic E-state index is 0.0847. The fourth-order valence-corrected chi connectivity index (χ4v) is 1.53. The summed E-state index contributed by atoms with van der Waals surface area (Å²) in [6, 6.07) is 4.15. The molecule has 17 heavy (non-hydrogen) atoms. The van der Waals surface area contributed by atoms with Crippen LogP contribution in [0.3, 0.4) is 0 Å². The van der Waals surface area contributed by atoms with E-state index in [-0.39, 0.29) is 23.7 Å². The van der Waals surface area contributed by atoms with Crippen LogP contribution in [-0.4, -0.2) is 38.1 Å². The van der Waals surface area contributed by atoms with Crippen LogP contribution in [0.2, 0.25) is 0 Å². The summed E-state index contributed by atoms with van der Waals surface area (Å²) >= 11 is 0. The summed E-state index contributed by atoms with van der Waals surface area (Å²) in [6.07, 6.45) is 1.08. The van der Waals surface area contributed by atoms with E-state index in [1.165, 1.54) is 18.2 Å². The number of benzene rings is 1. The van der Waals surface area contributed by atoms with Crippen LogP contribution in [-0.2, 0) is 9.84 Å². The second-order valence-electron chi connectivity index (χ2n) is 3.54. The Balaban J connectivity index is 2.81. The molecular weight excluding hydrogens is 246 g/mol. The van der Waals surface area contributed by atoms with Crippen molar-refractivity contribution in [2.24, 2.45) is 0 Å². The van der Waals surface area contributed by atoms with Crippen LogP contribution in [0, 0.1) is 0 Å². The number of carbonyl (C=O) groups is 1. The third-order valence-electron chi connectivity index (χ3n) is 1.95. The average molecular weight is 259 g/mol. The molecule has 1 rings (SSSR count). The number of hydrogen-bond acceptors (Lipinski definition) is 5. The van der Waals surface area contributed by atoms with Gasteiger partial charge in [0.05, 0.1) is 5.75 Å². The van der Waals surface area contributed by atoms with Gasteiger partial charge in [0.15, 0.2) is 9.84 Å². The van der Waals surface area contributed by atoms with Crippen molar-refractivity contribution in [3.63, 3.8) is 0 Å². The molecule has 0 amide bonds. The van der Waals surface area contributed by atoms with Crippen molar-refractivity contribution >= 4 is 21.5 Å². The van der Waals surface area contributed by atoms with E-state index < -0.39 is 15.8 Å². The zero-order valence-corrected chi connectivity index (χ0v) is 10.0. The lowest BCUT2D eigenvalue weighted by atomic mass is 10.2. The van der Waals surface area contributed by atoms with Crippen molar-refractivity contribution in [2.75, 3.05) is 24.3 Å². The van der Waals surface area contributed by atoms with Crippen molar-refractivity contribution in [1.82, 2.24) is 0 Å². The number of ether oxygens (including phenoxy) is 1. The van der Waals surface area contributed by atoms with Gasteiger partial charge in [-0.05, 0) is 18.2 Å². The Morgan fingerprint density at radius 1 is 1.47 bits per heavy atom. The lowest BCUT2D eigenvalue weighted by Gasteiger charge is -2.09. The van der Waals surface area contributed by atoms with Gasteiger partial charge < -0.3 is 15.6 Å². The third kappa shape index (κ3) is 4.31. The highest BCUT2D eigenvalue weighted by Gasteiger charge is 2.12. The number of anilines is 1. The fraction of sp³-hybridized carbons (Fsp3) is 0.300. The molecule has 0 spiro atoms. The second-order valence-corrected chi connectivity index (χ2v) is 5.80. The monoisotopic (exact) mass is 259 g/mol. The first-order chi connectivity index (χ1) is 7.79. The van der Waals surface area contributed by atoms with Gasteiger partial charge in [0.1, 0.15) is 17.9 Å². The van der Waals surface area contributed by atoms with Gasteiger partial charge in [-0.2, -0.15) is 0 Å². The fourth-order valence-electron chi connectivity index (χ4n) is 1.14. The molecule has 0 fully saturated rings. The number of carboxylic acids is 1. The Bertz CT molecular complexity index is 523. The predicted molar refractivity (Wildman–Crippen MR) is 63.0 cm³/mol. The van der Waals surface area contributed by atoms with Crippen molar-refractivity contribution in [2.45, 2.75) is 0 Å². The summed E-state index contributed by atoms with van der Waals surface area (Å²) in [6.45, 7) is -0.0942. The minimum atomic E-state index is -3.13. The van der Waals surface area contributed by atoms with E-state index in [9.17, 15) is 13.2 Å². The minimum Gasteiger partial charge on any atom is -0.492 e. The highest BCUT2D eigenvalue weighted by Crippen LogP contribution is 2.21. The maximum atomic E-state index is 10.9. The van der Waals surface area contributed by atoms with Gasteiger partial charge in [-0.3, -0.25) is 0 Å². The van der Waals surface area contributed by atoms with Crippen LogP contribution in [0.4, 0.5) is 5.69 Å². The Hall–Kier alpha value is -1.76. The van der Waals surface area contributed by atoms with E-state index in [4.69, 9.17) is 15.6 Å². The topological polar surface area (TPSA) is 107 Å². The van der Waals surface area contributed by atoms with Crippen LogP contribution in [0.15, 0.2) is 18.2 Å². The number of hydrogen-bond donors (Lipinski definition) is 2. The third-order valence-corrected chi connectivity index (χ3v) is 2.85. The molecule has 7 heteroatoms. The van der Waals surface area contributed by atoms with Crippen molar-refractivity contribution in [3.8, 4) is 5.75 Å². The average Bonchev–Trinajstić information content (AvgIpc) is 2.18. The number of nitrogen functional groups attached to an aromatic ring is 1. The number of carboxylic acid groups (broad SMARTS) is 1. The molecule has 0 aromatic heterocycles. The summed E-state index contributed by atoms with van der Waals surface area (Å²) in [5.41, 5.74) is 5.67. The van der Waals surface area contributed by atoms with Gasteiger partial charge in [-0.1, -0.05) is 0 Å². The first-order valence-electron chi connectivity index (χ1n) is 4.73. The van der Waals surface area contributed by atoms with Crippen molar-refractivity contribution < 1.29 is 23.1 Å². The SMILES string of the molecule is CS(=O)(=O)CCOc1ccc(N)cc1C(=O)O. The zero-order valence-electron chi connectivity index (χ0n) is 9.21. The van der Waals surface area contributed by atoms with Crippen LogP contribution in [0.25, 0.3) is 0 Å². The van der Waals surface area contributed by atoms with E-state index in [2.05, 4.69) is 0 Å². The quantitative estimate of drug-likeness (QED) is 0.741. The van der Waals surface area contributed by atoms with E-state index >= 15 is 0 Å². The molecule has 0 atom stereocenters. The number of aromatic carboxylic acids is 1. The molecule has 1 aromatic carbocycles. The number of nitrogens with two attached hydrogens (primary N) is 1. The van der Waals surface area contributed by atoms with Crippen LogP contribution in [0.5, 0.6) is 5.75 Å². The van der Waals surface area contributed by atoms with E-state index in [1.54, 1.807) is 0 Å². The maximum Gasteiger partial charge on any atom is 0.339 e. The first-order valence-corrected chi connectivity index (χ1v) is 6.79. The maximum absolute atomic E-state index is 10.9. The van der Waals surface area contributed by atoms with Gasteiger partial charge in [0.25, 0.3) is 0 Å². The Kier molecular flexibility index (Phi) is 3.95. The lowest BCUT2D eigenvalue weighted by Crippen LogP contribution is -2.13. The van der Waals surface area contributed by atoms with Gasteiger partial charge in [0.2, 0.25) is 0 Å². The van der Waals surface area contributed by atoms with Crippen molar-refractivity contribution in [1.29, 1.82) is 0 Å². The summed E-state index contributed by atoms with van der Waals surface area (Å²) in [5.74, 6) is -1.24. The molecule has 1 aromatic rings. The largest absolute Gasteiger partial charge is 0.492 e. The summed E-state index contributed by atoms with van der Waals surface area (Å²) in [7, 11) is -3.13. The predicted octanol–water partition coefficient (Wildman–Crippen LogP) is 0.390. The van der Waals surface area contributed by atoms with Crippen LogP contribution in [0.1, 0.15) is 10.4 Å². The standard InChI is InChI=1S/C10H13NO5S/c1-17(14,15)5-4-16-9-3-2-7(11)6-8(9)10(12)13/h2-3,6H,4-5,11H2,1H3,(H,12,13). The van der Waals surface area contributed by atoms with Gasteiger partial charge >= 0.3 is 5.97 Å². The molecule has 0 saturated carbocycles. The van der Waals surface area contributed by atoms with Crippen LogP contribution < -0.4 is 10.5 Å². The highest BCUT2D eigenvalue weighted by molar-refractivity contribution is 7.90. The summed E-state index contributed by atoms with van der Waals surface area (Å²) in [5, 5.41) is 8.90. The van der Waals surface area contributed by atoms with Crippen molar-refractivity contribution in [3.05, 3.63) is 23.8 Å². The summed E-state index contributed by atoms with van der Waals surface area (Å²) in [4.78, 5) is 10.9. The van der Waals surface area contributed by atoms with Crippen LogP contribution >= 0.6 is 0 Å². The van der Waals surface area contributed by atoms with Gasteiger partial charge in [-0.25, -0.2) is 13.2 Å². The van der Waals surface area contributed by atoms with E-state index in [1.807, 2.05) is 0 Å². The molecule has 0 bridgehead atoms. The van der Waals surface area contributed by atoms with E-state index in [0.29, 0.717) is 5.69 Å². The number of sulfone groups is 1. The highest BCUT2D eigenvalue weighted by atomic mass is 32.2. The molecule has 3 N–H and O–H groups in total. The molecule has 0 aliphatic heterocycles. The molecule has 0 aliphatic carbocycles. The summed E-state index contributed by atoms with van der Waals surface area (Å²) < 4.78 is 26.9. The Morgan fingerprint density at radius 3 is 2.65 bits per heavy atom. The second kappa shape index (κ2) is 5.05. The molecule has 6 nitrogen and oxygen atoms in total. The first kappa shape index (κ1) is 13.3. The Morgan fingerprint density at radius 2 is 2.12 bits per heavy atom. The van der Waals surface area contributed by atoms with Gasteiger partial charge in [-0.15, -0.1) is 0 Å². The molecule has 0 radical (unpaired) electrons. The normalized spacial score (nSPS) is 11.1. The molecule has 94 valence electrons. The zero-order chi connectivity index (χ0) is 13.1. The smallest absolute Gasteiger partial charge is 0.339 e. The molecule has 0 unspecified atom stereocenters. The Labute approximate surface area is 98.9 Å². The number of rotatable bonds is 5. The van der Waals surface area contributed by atoms with E-state index in [0.717, 1.165) is 6.26 Å². The van der Waals surface area contributed by atoms with Gasteiger partial charge in [0, 0.05) is 11.9 Å². The molecule has 0 aliphatic rings.